The van der Waals surface area contributed by atoms with Crippen LogP contribution in [0.2, 0.25) is 0 Å². The number of anilines is 2. The summed E-state index contributed by atoms with van der Waals surface area (Å²) in [5, 5.41) is 0. The van der Waals surface area contributed by atoms with E-state index >= 15 is 0 Å². The fraction of sp³-hybridized carbons (Fsp3) is 0. The van der Waals surface area contributed by atoms with E-state index in [2.05, 4.69) is 31.9 Å². The quantitative estimate of drug-likeness (QED) is 0.627. The molecule has 2 rings (SSSR count). The van der Waals surface area contributed by atoms with E-state index in [1.165, 1.54) is 0 Å². The fourth-order valence-corrected chi connectivity index (χ4v) is 2.36. The molecule has 5 heteroatoms. The predicted octanol–water partition coefficient (Wildman–Crippen LogP) is 3.61. The van der Waals surface area contributed by atoms with Crippen LogP contribution >= 0.6 is 31.9 Å². The lowest BCUT2D eigenvalue weighted by atomic mass is 10.0. The Hall–Kier alpha value is -1.33. The average molecular weight is 370 g/mol. The Bertz CT molecular complexity index is 612. The first-order valence-electron chi connectivity index (χ1n) is 5.15. The number of nitrogens with two attached hydrogens (primary N) is 2. The molecule has 18 heavy (non-hydrogen) atoms. The molecule has 0 unspecified atom stereocenters. The number of halogens is 2. The molecular formula is C13H10Br2N2O. The van der Waals surface area contributed by atoms with Crippen molar-refractivity contribution >= 4 is 49.0 Å². The van der Waals surface area contributed by atoms with Gasteiger partial charge in [0.05, 0.1) is 15.8 Å². The lowest BCUT2D eigenvalue weighted by Gasteiger charge is -2.11. The van der Waals surface area contributed by atoms with Gasteiger partial charge in [-0.1, -0.05) is 30.3 Å². The molecule has 0 spiro atoms. The average Bonchev–Trinajstić information content (AvgIpc) is 2.41. The summed E-state index contributed by atoms with van der Waals surface area (Å²) in [5.74, 6) is -0.145. The van der Waals surface area contributed by atoms with Gasteiger partial charge in [0.1, 0.15) is 0 Å². The summed E-state index contributed by atoms with van der Waals surface area (Å²) in [6.07, 6.45) is 0. The number of carbonyl (C=O) groups excluding carboxylic acids is 1. The van der Waals surface area contributed by atoms with Crippen molar-refractivity contribution in [3.63, 3.8) is 0 Å². The van der Waals surface area contributed by atoms with Crippen molar-refractivity contribution in [2.45, 2.75) is 0 Å². The maximum atomic E-state index is 12.3. The summed E-state index contributed by atoms with van der Waals surface area (Å²) in [4.78, 5) is 12.3. The lowest BCUT2D eigenvalue weighted by Crippen LogP contribution is -2.08. The van der Waals surface area contributed by atoms with Gasteiger partial charge in [-0.05, 0) is 37.9 Å². The molecule has 0 aromatic heterocycles. The number of carbonyl (C=O) groups is 1. The third-order valence-electron chi connectivity index (χ3n) is 2.58. The zero-order valence-electron chi connectivity index (χ0n) is 9.28. The molecule has 0 bridgehead atoms. The summed E-state index contributed by atoms with van der Waals surface area (Å²) in [6, 6.07) is 10.6. The molecule has 4 N–H and O–H groups in total. The van der Waals surface area contributed by atoms with Gasteiger partial charge >= 0.3 is 0 Å². The minimum Gasteiger partial charge on any atom is -0.396 e. The molecule has 0 fully saturated rings. The maximum Gasteiger partial charge on any atom is 0.195 e. The van der Waals surface area contributed by atoms with Gasteiger partial charge in [-0.25, -0.2) is 0 Å². The van der Waals surface area contributed by atoms with Gasteiger partial charge in [0.25, 0.3) is 0 Å². The second-order valence-electron chi connectivity index (χ2n) is 3.74. The van der Waals surface area contributed by atoms with Crippen LogP contribution in [-0.4, -0.2) is 5.78 Å². The van der Waals surface area contributed by atoms with Crippen molar-refractivity contribution in [3.05, 3.63) is 56.5 Å². The molecule has 2 aromatic rings. The van der Waals surface area contributed by atoms with Crippen LogP contribution in [0.15, 0.2) is 45.3 Å². The first-order valence-corrected chi connectivity index (χ1v) is 6.73. The minimum atomic E-state index is -0.145. The SMILES string of the molecule is Nc1c(C(=O)c2ccccc2)cc(Br)c(Br)c1N. The second kappa shape index (κ2) is 5.12. The minimum absolute atomic E-state index is 0.145. The van der Waals surface area contributed by atoms with E-state index in [1.54, 1.807) is 30.3 Å². The second-order valence-corrected chi connectivity index (χ2v) is 5.39. The van der Waals surface area contributed by atoms with Gasteiger partial charge in [0, 0.05) is 15.6 Å². The first kappa shape index (κ1) is 13.1. The molecule has 0 aliphatic heterocycles. The molecule has 0 aliphatic carbocycles. The van der Waals surface area contributed by atoms with E-state index < -0.39 is 0 Å². The Kier molecular flexibility index (Phi) is 3.73. The number of hydrogen-bond acceptors (Lipinski definition) is 3. The fourth-order valence-electron chi connectivity index (χ4n) is 1.59. The van der Waals surface area contributed by atoms with Gasteiger partial charge < -0.3 is 11.5 Å². The highest BCUT2D eigenvalue weighted by atomic mass is 79.9. The monoisotopic (exact) mass is 368 g/mol. The van der Waals surface area contributed by atoms with E-state index in [-0.39, 0.29) is 5.78 Å². The topological polar surface area (TPSA) is 69.1 Å². The molecule has 0 amide bonds. The first-order chi connectivity index (χ1) is 8.52. The van der Waals surface area contributed by atoms with Crippen LogP contribution in [0.4, 0.5) is 11.4 Å². The molecule has 0 saturated carbocycles. The number of ketones is 1. The molecule has 0 atom stereocenters. The third kappa shape index (κ3) is 2.28. The van der Waals surface area contributed by atoms with Gasteiger partial charge in [0.15, 0.2) is 5.78 Å². The molecule has 0 aliphatic rings. The number of nitrogen functional groups attached to an aromatic ring is 2. The maximum absolute atomic E-state index is 12.3. The molecular weight excluding hydrogens is 360 g/mol. The van der Waals surface area contributed by atoms with Crippen LogP contribution in [0.3, 0.4) is 0 Å². The van der Waals surface area contributed by atoms with E-state index in [0.717, 1.165) is 0 Å². The predicted molar refractivity (Wildman–Crippen MR) is 80.5 cm³/mol. The van der Waals surface area contributed by atoms with E-state index in [0.29, 0.717) is 31.4 Å². The molecule has 0 radical (unpaired) electrons. The lowest BCUT2D eigenvalue weighted by molar-refractivity contribution is 0.103. The normalized spacial score (nSPS) is 10.3. The highest BCUT2D eigenvalue weighted by molar-refractivity contribution is 9.13. The van der Waals surface area contributed by atoms with Crippen molar-refractivity contribution in [1.29, 1.82) is 0 Å². The van der Waals surface area contributed by atoms with E-state index in [9.17, 15) is 4.79 Å². The molecule has 3 nitrogen and oxygen atoms in total. The Labute approximate surface area is 121 Å². The molecule has 92 valence electrons. The van der Waals surface area contributed by atoms with Crippen LogP contribution < -0.4 is 11.5 Å². The summed E-state index contributed by atoms with van der Waals surface area (Å²) >= 11 is 6.64. The summed E-state index contributed by atoms with van der Waals surface area (Å²) in [5.41, 5.74) is 13.4. The van der Waals surface area contributed by atoms with Gasteiger partial charge in [-0.3, -0.25) is 4.79 Å². The van der Waals surface area contributed by atoms with Crippen LogP contribution in [0.1, 0.15) is 15.9 Å². The summed E-state index contributed by atoms with van der Waals surface area (Å²) in [7, 11) is 0. The molecule has 0 saturated heterocycles. The standard InChI is InChI=1S/C13H10Br2N2O/c14-9-6-8(11(16)12(17)10(9)15)13(18)7-4-2-1-3-5-7/h1-6H,16-17H2. The van der Waals surface area contributed by atoms with E-state index in [1.807, 2.05) is 6.07 Å². The number of rotatable bonds is 2. The summed E-state index contributed by atoms with van der Waals surface area (Å²) < 4.78 is 1.36. The van der Waals surface area contributed by atoms with Crippen molar-refractivity contribution in [1.82, 2.24) is 0 Å². The number of benzene rings is 2. The van der Waals surface area contributed by atoms with Crippen LogP contribution in [0.25, 0.3) is 0 Å². The Balaban J connectivity index is 2.56. The van der Waals surface area contributed by atoms with Crippen LogP contribution in [0, 0.1) is 0 Å². The van der Waals surface area contributed by atoms with Gasteiger partial charge in [-0.15, -0.1) is 0 Å². The van der Waals surface area contributed by atoms with Gasteiger partial charge in [0.2, 0.25) is 0 Å². The number of hydrogen-bond donors (Lipinski definition) is 2. The molecule has 2 aromatic carbocycles. The van der Waals surface area contributed by atoms with Crippen molar-refractivity contribution in [2.75, 3.05) is 11.5 Å². The highest BCUT2D eigenvalue weighted by Crippen LogP contribution is 2.36. The van der Waals surface area contributed by atoms with Crippen LogP contribution in [-0.2, 0) is 0 Å². The zero-order chi connectivity index (χ0) is 13.3. The van der Waals surface area contributed by atoms with Gasteiger partial charge in [-0.2, -0.15) is 0 Å². The zero-order valence-corrected chi connectivity index (χ0v) is 12.5. The Morgan fingerprint density at radius 2 is 1.61 bits per heavy atom. The largest absolute Gasteiger partial charge is 0.396 e. The molecule has 0 heterocycles. The Morgan fingerprint density at radius 1 is 1.00 bits per heavy atom. The Morgan fingerprint density at radius 3 is 2.22 bits per heavy atom. The third-order valence-corrected chi connectivity index (χ3v) is 4.59. The summed E-state index contributed by atoms with van der Waals surface area (Å²) in [6.45, 7) is 0. The van der Waals surface area contributed by atoms with Crippen molar-refractivity contribution in [2.24, 2.45) is 0 Å². The smallest absolute Gasteiger partial charge is 0.195 e. The van der Waals surface area contributed by atoms with Crippen molar-refractivity contribution < 1.29 is 4.79 Å². The van der Waals surface area contributed by atoms with E-state index in [4.69, 9.17) is 11.5 Å². The van der Waals surface area contributed by atoms with Crippen LogP contribution in [0.5, 0.6) is 0 Å². The van der Waals surface area contributed by atoms with Crippen molar-refractivity contribution in [3.8, 4) is 0 Å². The highest BCUT2D eigenvalue weighted by Gasteiger charge is 2.17.